The minimum absolute atomic E-state index is 0.547. The lowest BCUT2D eigenvalue weighted by molar-refractivity contribution is -0.149. The van der Waals surface area contributed by atoms with Gasteiger partial charge in [-0.1, -0.05) is 35.0 Å². The third-order valence-electron chi connectivity index (χ3n) is 3.26. The van der Waals surface area contributed by atoms with Crippen molar-refractivity contribution in [3.8, 4) is 0 Å². The first-order valence-electron chi connectivity index (χ1n) is 6.04. The first-order valence-corrected chi connectivity index (χ1v) is 6.83. The molecule has 0 radical (unpaired) electrons. The zero-order valence-corrected chi connectivity index (χ0v) is 12.7. The van der Waals surface area contributed by atoms with E-state index < -0.39 is 11.4 Å². The van der Waals surface area contributed by atoms with Crippen molar-refractivity contribution < 1.29 is 9.90 Å². The largest absolute Gasteiger partial charge is 0.481 e. The number of nitrogens with zero attached hydrogens (tertiary/aromatic N) is 1. The van der Waals surface area contributed by atoms with Crippen molar-refractivity contribution in [1.82, 2.24) is 4.90 Å². The Kier molecular flexibility index (Phi) is 5.35. The van der Waals surface area contributed by atoms with E-state index in [0.29, 0.717) is 13.0 Å². The molecule has 1 N–H and O–H groups in total. The quantitative estimate of drug-likeness (QED) is 0.875. The molecule has 0 saturated carbocycles. The predicted octanol–water partition coefficient (Wildman–Crippen LogP) is 3.38. The first-order chi connectivity index (χ1) is 8.37. The molecule has 0 bridgehead atoms. The molecule has 0 aliphatic carbocycles. The summed E-state index contributed by atoms with van der Waals surface area (Å²) < 4.78 is 1.05. The van der Waals surface area contributed by atoms with Crippen LogP contribution < -0.4 is 0 Å². The summed E-state index contributed by atoms with van der Waals surface area (Å²) in [5, 5.41) is 9.26. The van der Waals surface area contributed by atoms with Gasteiger partial charge in [-0.2, -0.15) is 0 Å². The van der Waals surface area contributed by atoms with Crippen molar-refractivity contribution in [2.24, 2.45) is 5.41 Å². The molecule has 0 fully saturated rings. The number of carboxylic acid groups (broad SMARTS) is 1. The van der Waals surface area contributed by atoms with Gasteiger partial charge in [0.05, 0.1) is 5.41 Å². The predicted molar refractivity (Wildman–Crippen MR) is 76.5 cm³/mol. The summed E-state index contributed by atoms with van der Waals surface area (Å²) in [7, 11) is 1.96. The summed E-state index contributed by atoms with van der Waals surface area (Å²) in [6.07, 6.45) is 0.630. The highest BCUT2D eigenvalue weighted by atomic mass is 79.9. The van der Waals surface area contributed by atoms with Gasteiger partial charge in [-0.3, -0.25) is 4.79 Å². The Labute approximate surface area is 117 Å². The molecular formula is C14H20BrNO2. The van der Waals surface area contributed by atoms with E-state index in [2.05, 4.69) is 26.9 Å². The number of hydrogen-bond donors (Lipinski definition) is 1. The van der Waals surface area contributed by atoms with E-state index in [1.807, 2.05) is 32.2 Å². The van der Waals surface area contributed by atoms with Crippen LogP contribution in [-0.2, 0) is 11.3 Å². The van der Waals surface area contributed by atoms with Crippen LogP contribution in [0.4, 0.5) is 0 Å². The molecule has 0 amide bonds. The number of rotatable bonds is 6. The third kappa shape index (κ3) is 4.10. The van der Waals surface area contributed by atoms with Gasteiger partial charge in [0.2, 0.25) is 0 Å². The molecule has 1 unspecified atom stereocenters. The topological polar surface area (TPSA) is 40.5 Å². The first kappa shape index (κ1) is 15.2. The molecule has 1 rings (SSSR count). The van der Waals surface area contributed by atoms with Crippen LogP contribution >= 0.6 is 15.9 Å². The van der Waals surface area contributed by atoms with Crippen LogP contribution in [0, 0.1) is 5.41 Å². The third-order valence-corrected chi connectivity index (χ3v) is 3.75. The average molecular weight is 314 g/mol. The molecular weight excluding hydrogens is 294 g/mol. The lowest BCUT2D eigenvalue weighted by atomic mass is 9.87. The van der Waals surface area contributed by atoms with E-state index in [0.717, 1.165) is 11.0 Å². The molecule has 0 aromatic heterocycles. The van der Waals surface area contributed by atoms with Crippen LogP contribution in [0.1, 0.15) is 25.8 Å². The number of benzene rings is 1. The number of aliphatic carboxylic acids is 1. The maximum Gasteiger partial charge on any atom is 0.310 e. The Morgan fingerprint density at radius 2 is 2.17 bits per heavy atom. The minimum atomic E-state index is -0.730. The van der Waals surface area contributed by atoms with Crippen molar-refractivity contribution in [2.45, 2.75) is 26.8 Å². The summed E-state index contributed by atoms with van der Waals surface area (Å²) in [6, 6.07) is 8.08. The normalized spacial score (nSPS) is 14.5. The molecule has 3 nitrogen and oxygen atoms in total. The fourth-order valence-corrected chi connectivity index (χ4v) is 2.38. The van der Waals surface area contributed by atoms with E-state index in [9.17, 15) is 9.90 Å². The highest BCUT2D eigenvalue weighted by molar-refractivity contribution is 9.10. The summed E-state index contributed by atoms with van der Waals surface area (Å²) in [5.74, 6) is -0.730. The molecule has 0 aliphatic rings. The fraction of sp³-hybridized carbons (Fsp3) is 0.500. The summed E-state index contributed by atoms with van der Waals surface area (Å²) in [5.41, 5.74) is 0.497. The zero-order valence-electron chi connectivity index (χ0n) is 11.1. The van der Waals surface area contributed by atoms with Gasteiger partial charge in [-0.25, -0.2) is 0 Å². The molecule has 0 saturated heterocycles. The second-order valence-corrected chi connectivity index (χ2v) is 5.94. The Balaban J connectivity index is 2.66. The van der Waals surface area contributed by atoms with Gasteiger partial charge in [-0.15, -0.1) is 0 Å². The van der Waals surface area contributed by atoms with Crippen LogP contribution in [-0.4, -0.2) is 29.6 Å². The molecule has 18 heavy (non-hydrogen) atoms. The fourth-order valence-electron chi connectivity index (χ4n) is 1.93. The van der Waals surface area contributed by atoms with Crippen LogP contribution in [0.2, 0.25) is 0 Å². The van der Waals surface area contributed by atoms with Gasteiger partial charge >= 0.3 is 5.97 Å². The number of hydrogen-bond acceptors (Lipinski definition) is 2. The van der Waals surface area contributed by atoms with Gasteiger partial charge in [0.25, 0.3) is 0 Å². The molecule has 0 heterocycles. The highest BCUT2D eigenvalue weighted by Crippen LogP contribution is 2.23. The van der Waals surface area contributed by atoms with Gasteiger partial charge in [0.15, 0.2) is 0 Å². The molecule has 1 aromatic carbocycles. The number of carboxylic acids is 1. The van der Waals surface area contributed by atoms with Crippen LogP contribution in [0.15, 0.2) is 28.7 Å². The monoisotopic (exact) mass is 313 g/mol. The van der Waals surface area contributed by atoms with Crippen molar-refractivity contribution in [2.75, 3.05) is 13.6 Å². The standard InChI is InChI=1S/C14H20BrNO2/c1-4-14(2,13(17)18)10-16(3)9-11-6-5-7-12(15)8-11/h5-8H,4,9-10H2,1-3H3,(H,17,18). The lowest BCUT2D eigenvalue weighted by Gasteiger charge is -2.29. The zero-order chi connectivity index (χ0) is 13.8. The average Bonchev–Trinajstić information content (AvgIpc) is 2.28. The van der Waals surface area contributed by atoms with E-state index in [4.69, 9.17) is 0 Å². The van der Waals surface area contributed by atoms with Crippen molar-refractivity contribution in [1.29, 1.82) is 0 Å². The molecule has 1 aromatic rings. The summed E-state index contributed by atoms with van der Waals surface area (Å²) in [4.78, 5) is 13.3. The molecule has 4 heteroatoms. The second-order valence-electron chi connectivity index (χ2n) is 5.02. The second kappa shape index (κ2) is 6.34. The Morgan fingerprint density at radius 1 is 1.50 bits per heavy atom. The van der Waals surface area contributed by atoms with E-state index >= 15 is 0 Å². The van der Waals surface area contributed by atoms with Gasteiger partial charge in [0, 0.05) is 17.6 Å². The maximum atomic E-state index is 11.3. The Bertz CT molecular complexity index is 422. The maximum absolute atomic E-state index is 11.3. The molecule has 1 atom stereocenters. The van der Waals surface area contributed by atoms with Gasteiger partial charge < -0.3 is 10.0 Å². The van der Waals surface area contributed by atoms with Crippen LogP contribution in [0.25, 0.3) is 0 Å². The van der Waals surface area contributed by atoms with Gasteiger partial charge in [-0.05, 0) is 38.1 Å². The van der Waals surface area contributed by atoms with E-state index in [-0.39, 0.29) is 0 Å². The molecule has 0 aliphatic heterocycles. The van der Waals surface area contributed by atoms with Crippen molar-refractivity contribution in [3.63, 3.8) is 0 Å². The van der Waals surface area contributed by atoms with Crippen molar-refractivity contribution >= 4 is 21.9 Å². The molecule has 100 valence electrons. The van der Waals surface area contributed by atoms with E-state index in [1.54, 1.807) is 6.92 Å². The highest BCUT2D eigenvalue weighted by Gasteiger charge is 2.32. The SMILES string of the molecule is CCC(C)(CN(C)Cc1cccc(Br)c1)C(=O)O. The van der Waals surface area contributed by atoms with E-state index in [1.165, 1.54) is 5.56 Å². The van der Waals surface area contributed by atoms with Crippen molar-refractivity contribution in [3.05, 3.63) is 34.3 Å². The Hall–Kier alpha value is -0.870. The smallest absolute Gasteiger partial charge is 0.310 e. The minimum Gasteiger partial charge on any atom is -0.481 e. The lowest BCUT2D eigenvalue weighted by Crippen LogP contribution is -2.38. The number of halogens is 1. The van der Waals surface area contributed by atoms with Crippen LogP contribution in [0.3, 0.4) is 0 Å². The summed E-state index contributed by atoms with van der Waals surface area (Å²) >= 11 is 3.44. The molecule has 0 spiro atoms. The summed E-state index contributed by atoms with van der Waals surface area (Å²) in [6.45, 7) is 5.02. The van der Waals surface area contributed by atoms with Crippen LogP contribution in [0.5, 0.6) is 0 Å². The number of carbonyl (C=O) groups is 1. The Morgan fingerprint density at radius 3 is 2.67 bits per heavy atom. The van der Waals surface area contributed by atoms with Gasteiger partial charge in [0.1, 0.15) is 0 Å².